The van der Waals surface area contributed by atoms with Crippen molar-refractivity contribution in [3.63, 3.8) is 0 Å². The number of rotatable bonds is 6. The maximum Gasteiger partial charge on any atom is 0.225 e. The van der Waals surface area contributed by atoms with E-state index in [0.29, 0.717) is 11.9 Å². The van der Waals surface area contributed by atoms with Gasteiger partial charge in [-0.25, -0.2) is 19.9 Å². The van der Waals surface area contributed by atoms with Crippen LogP contribution >= 0.6 is 0 Å². The first-order chi connectivity index (χ1) is 15.6. The minimum absolute atomic E-state index is 0.297. The highest BCUT2D eigenvalue weighted by molar-refractivity contribution is 5.83. The number of benzene rings is 1. The summed E-state index contributed by atoms with van der Waals surface area (Å²) in [6.07, 6.45) is 8.09. The summed E-state index contributed by atoms with van der Waals surface area (Å²) in [5.41, 5.74) is 3.79. The van der Waals surface area contributed by atoms with E-state index in [1.165, 1.54) is 6.33 Å². The predicted molar refractivity (Wildman–Crippen MR) is 123 cm³/mol. The Kier molecular flexibility index (Phi) is 5.45. The molecule has 4 heterocycles. The monoisotopic (exact) mass is 430 g/mol. The Hall–Kier alpha value is -3.52. The Morgan fingerprint density at radius 3 is 2.81 bits per heavy atom. The van der Waals surface area contributed by atoms with Crippen LogP contribution < -0.4 is 9.64 Å². The van der Waals surface area contributed by atoms with Crippen molar-refractivity contribution in [3.05, 3.63) is 60.6 Å². The van der Waals surface area contributed by atoms with Gasteiger partial charge in [0.15, 0.2) is 11.3 Å². The molecule has 1 atom stereocenters. The lowest BCUT2D eigenvalue weighted by Crippen LogP contribution is -2.20. The molecule has 1 saturated heterocycles. The number of anilines is 1. The largest absolute Gasteiger partial charge is 0.493 e. The molecule has 1 fully saturated rings. The highest BCUT2D eigenvalue weighted by Gasteiger charge is 2.29. The number of likely N-dealkylation sites (tertiary alicyclic amines) is 1. The first kappa shape index (κ1) is 20.4. The molecule has 0 aliphatic carbocycles. The van der Waals surface area contributed by atoms with E-state index in [2.05, 4.69) is 32.0 Å². The fourth-order valence-electron chi connectivity index (χ4n) is 4.32. The van der Waals surface area contributed by atoms with Crippen molar-refractivity contribution in [1.29, 1.82) is 0 Å². The minimum atomic E-state index is 0.297. The second-order valence-corrected chi connectivity index (χ2v) is 8.30. The van der Waals surface area contributed by atoms with Gasteiger partial charge in [0, 0.05) is 61.7 Å². The Balaban J connectivity index is 1.40. The van der Waals surface area contributed by atoms with Crippen LogP contribution in [0.1, 0.15) is 23.8 Å². The lowest BCUT2D eigenvalue weighted by Gasteiger charge is -2.19. The third-order valence-corrected chi connectivity index (χ3v) is 5.89. The molecule has 0 unspecified atom stereocenters. The van der Waals surface area contributed by atoms with E-state index in [1.54, 1.807) is 7.11 Å². The molecular weight excluding hydrogens is 404 g/mol. The third-order valence-electron chi connectivity index (χ3n) is 5.89. The first-order valence-electron chi connectivity index (χ1n) is 10.7. The molecule has 32 heavy (non-hydrogen) atoms. The smallest absolute Gasteiger partial charge is 0.225 e. The first-order valence-corrected chi connectivity index (χ1v) is 10.7. The summed E-state index contributed by atoms with van der Waals surface area (Å²) in [5, 5.41) is 1.06. The van der Waals surface area contributed by atoms with Crippen LogP contribution in [0, 0.1) is 0 Å². The molecule has 5 rings (SSSR count). The van der Waals surface area contributed by atoms with E-state index in [9.17, 15) is 0 Å². The Labute approximate surface area is 186 Å². The molecule has 0 spiro atoms. The van der Waals surface area contributed by atoms with Gasteiger partial charge in [0.1, 0.15) is 12.1 Å². The van der Waals surface area contributed by atoms with Gasteiger partial charge < -0.3 is 14.1 Å². The SMILES string of the molecule is COc1cccc2cc(CN3CC[C@H](c4nc(N(C)C)ncc4-c4cncnc4)C3)oc12. The van der Waals surface area contributed by atoms with Gasteiger partial charge in [-0.15, -0.1) is 0 Å². The van der Waals surface area contributed by atoms with Gasteiger partial charge in [-0.1, -0.05) is 12.1 Å². The number of para-hydroxylation sites is 1. The Morgan fingerprint density at radius 1 is 1.19 bits per heavy atom. The number of furan rings is 1. The zero-order valence-corrected chi connectivity index (χ0v) is 18.5. The quantitative estimate of drug-likeness (QED) is 0.458. The zero-order chi connectivity index (χ0) is 22.1. The van der Waals surface area contributed by atoms with Gasteiger partial charge in [-0.2, -0.15) is 0 Å². The van der Waals surface area contributed by atoms with Crippen LogP contribution in [-0.2, 0) is 6.54 Å². The Bertz CT molecular complexity index is 1220. The summed E-state index contributed by atoms with van der Waals surface area (Å²) in [6, 6.07) is 8.06. The molecule has 8 heteroatoms. The molecule has 3 aromatic heterocycles. The van der Waals surface area contributed by atoms with Crippen LogP contribution in [0.3, 0.4) is 0 Å². The minimum Gasteiger partial charge on any atom is -0.493 e. The van der Waals surface area contributed by atoms with Gasteiger partial charge in [0.2, 0.25) is 5.95 Å². The maximum atomic E-state index is 6.12. The lowest BCUT2D eigenvalue weighted by molar-refractivity contribution is 0.296. The molecule has 8 nitrogen and oxygen atoms in total. The van der Waals surface area contributed by atoms with Crippen molar-refractivity contribution in [3.8, 4) is 16.9 Å². The molecule has 0 saturated carbocycles. The topological polar surface area (TPSA) is 80.4 Å². The van der Waals surface area contributed by atoms with Gasteiger partial charge in [0.25, 0.3) is 0 Å². The highest BCUT2D eigenvalue weighted by Crippen LogP contribution is 2.35. The average molecular weight is 431 g/mol. The van der Waals surface area contributed by atoms with E-state index in [4.69, 9.17) is 14.1 Å². The van der Waals surface area contributed by atoms with Crippen molar-refractivity contribution in [1.82, 2.24) is 24.8 Å². The molecule has 0 radical (unpaired) electrons. The van der Waals surface area contributed by atoms with Gasteiger partial charge in [0.05, 0.1) is 19.3 Å². The molecule has 0 bridgehead atoms. The second-order valence-electron chi connectivity index (χ2n) is 8.30. The summed E-state index contributed by atoms with van der Waals surface area (Å²) in [6.45, 7) is 2.63. The summed E-state index contributed by atoms with van der Waals surface area (Å²) >= 11 is 0. The molecule has 1 aliphatic rings. The number of nitrogens with zero attached hydrogens (tertiary/aromatic N) is 6. The maximum absolute atomic E-state index is 6.12. The number of fused-ring (bicyclic) bond motifs is 1. The summed E-state index contributed by atoms with van der Waals surface area (Å²) in [5.74, 6) is 2.72. The normalized spacial score (nSPS) is 16.5. The van der Waals surface area contributed by atoms with E-state index in [-0.39, 0.29) is 0 Å². The zero-order valence-electron chi connectivity index (χ0n) is 18.5. The molecular formula is C24H26N6O2. The number of methoxy groups -OCH3 is 1. The molecule has 164 valence electrons. The van der Waals surface area contributed by atoms with Crippen molar-refractivity contribution in [2.24, 2.45) is 0 Å². The molecule has 0 N–H and O–H groups in total. The summed E-state index contributed by atoms with van der Waals surface area (Å²) < 4.78 is 11.6. The van der Waals surface area contributed by atoms with Crippen LogP contribution in [0.15, 0.2) is 53.6 Å². The molecule has 1 aliphatic heterocycles. The highest BCUT2D eigenvalue weighted by atomic mass is 16.5. The number of hydrogen-bond donors (Lipinski definition) is 0. The average Bonchev–Trinajstić information content (AvgIpc) is 3.45. The number of aromatic nitrogens is 4. The standard InChI is InChI=1S/C24H26N6O2/c1-29(2)24-27-12-20(18-10-25-15-26-11-18)22(28-24)17-7-8-30(13-17)14-19-9-16-5-4-6-21(31-3)23(16)32-19/h4-6,9-12,15,17H,7-8,13-14H2,1-3H3/t17-/m0/s1. The Morgan fingerprint density at radius 2 is 2.03 bits per heavy atom. The molecule has 0 amide bonds. The summed E-state index contributed by atoms with van der Waals surface area (Å²) in [7, 11) is 5.59. The van der Waals surface area contributed by atoms with Gasteiger partial charge in [-0.3, -0.25) is 4.90 Å². The third kappa shape index (κ3) is 3.89. The fraction of sp³-hybridized carbons (Fsp3) is 0.333. The molecule has 1 aromatic carbocycles. The van der Waals surface area contributed by atoms with Crippen molar-refractivity contribution in [2.75, 3.05) is 39.2 Å². The van der Waals surface area contributed by atoms with Crippen molar-refractivity contribution < 1.29 is 9.15 Å². The van der Waals surface area contributed by atoms with E-state index in [1.807, 2.05) is 49.7 Å². The number of hydrogen-bond acceptors (Lipinski definition) is 8. The van der Waals surface area contributed by atoms with Crippen LogP contribution in [0.5, 0.6) is 5.75 Å². The predicted octanol–water partition coefficient (Wildman–Crippen LogP) is 3.74. The van der Waals surface area contributed by atoms with Crippen LogP contribution in [0.4, 0.5) is 5.95 Å². The van der Waals surface area contributed by atoms with Gasteiger partial charge >= 0.3 is 0 Å². The van der Waals surface area contributed by atoms with E-state index in [0.717, 1.165) is 65.4 Å². The van der Waals surface area contributed by atoms with Crippen LogP contribution in [0.2, 0.25) is 0 Å². The van der Waals surface area contributed by atoms with Crippen LogP contribution in [-0.4, -0.2) is 59.1 Å². The fourth-order valence-corrected chi connectivity index (χ4v) is 4.32. The molecule has 4 aromatic rings. The number of ether oxygens (including phenoxy) is 1. The van der Waals surface area contributed by atoms with Crippen molar-refractivity contribution in [2.45, 2.75) is 18.9 Å². The van der Waals surface area contributed by atoms with E-state index < -0.39 is 0 Å². The lowest BCUT2D eigenvalue weighted by atomic mass is 9.97. The van der Waals surface area contributed by atoms with Gasteiger partial charge in [-0.05, 0) is 25.1 Å². The van der Waals surface area contributed by atoms with Crippen LogP contribution in [0.25, 0.3) is 22.1 Å². The van der Waals surface area contributed by atoms with Crippen molar-refractivity contribution >= 4 is 16.9 Å². The second kappa shape index (κ2) is 8.55. The summed E-state index contributed by atoms with van der Waals surface area (Å²) in [4.78, 5) is 22.2. The van der Waals surface area contributed by atoms with E-state index >= 15 is 0 Å².